The number of aromatic nitrogens is 2. The van der Waals surface area contributed by atoms with Crippen LogP contribution in [0.5, 0.6) is 0 Å². The monoisotopic (exact) mass is 467 g/mol. The number of amides is 1. The van der Waals surface area contributed by atoms with Gasteiger partial charge in [-0.25, -0.2) is 0 Å². The number of rotatable bonds is 8. The fourth-order valence-corrected chi connectivity index (χ4v) is 3.23. The van der Waals surface area contributed by atoms with Crippen molar-refractivity contribution in [1.82, 2.24) is 15.0 Å². The number of carbonyl (C=O) groups is 1. The second-order valence-corrected chi connectivity index (χ2v) is 7.42. The van der Waals surface area contributed by atoms with Gasteiger partial charge in [0.2, 0.25) is 17.6 Å². The molecule has 0 aliphatic rings. The Morgan fingerprint density at radius 1 is 1.03 bits per heavy atom. The topological polar surface area (TPSA) is 72.4 Å². The second-order valence-electron chi connectivity index (χ2n) is 7.42. The lowest BCUT2D eigenvalue weighted by Crippen LogP contribution is -2.31. The molecule has 174 valence electrons. The minimum Gasteiger partial charge on any atom is -0.467 e. The van der Waals surface area contributed by atoms with Gasteiger partial charge < -0.3 is 13.8 Å². The summed E-state index contributed by atoms with van der Waals surface area (Å²) in [5, 5.41) is 3.79. The van der Waals surface area contributed by atoms with Gasteiger partial charge in [-0.1, -0.05) is 47.6 Å². The van der Waals surface area contributed by atoms with Crippen LogP contribution in [-0.2, 0) is 23.9 Å². The fraction of sp³-hybridized carbons (Fsp3) is 0.160. The molecule has 0 saturated carbocycles. The van der Waals surface area contributed by atoms with Crippen LogP contribution in [0, 0.1) is 0 Å². The number of hydrogen-bond acceptors (Lipinski definition) is 5. The van der Waals surface area contributed by atoms with E-state index in [9.17, 15) is 18.0 Å². The van der Waals surface area contributed by atoms with Gasteiger partial charge in [-0.15, -0.1) is 0 Å². The molecule has 34 heavy (non-hydrogen) atoms. The first-order chi connectivity index (χ1) is 16.4. The van der Waals surface area contributed by atoms with Crippen LogP contribution < -0.4 is 0 Å². The van der Waals surface area contributed by atoms with Crippen LogP contribution in [0.1, 0.15) is 22.8 Å². The third-order valence-corrected chi connectivity index (χ3v) is 4.97. The quantitative estimate of drug-likeness (QED) is 0.314. The molecule has 2 heterocycles. The molecule has 0 bridgehead atoms. The fourth-order valence-electron chi connectivity index (χ4n) is 3.23. The SMILES string of the molecule is O=C(C=Cc1ccccc1)N(CCc1nc(-c2cccc(C(F)(F)F)c2)no1)Cc1ccco1. The van der Waals surface area contributed by atoms with Gasteiger partial charge in [0.25, 0.3) is 0 Å². The van der Waals surface area contributed by atoms with Crippen molar-refractivity contribution in [3.05, 3.63) is 102 Å². The summed E-state index contributed by atoms with van der Waals surface area (Å²) in [5.41, 5.74) is 0.285. The van der Waals surface area contributed by atoms with E-state index in [-0.39, 0.29) is 42.7 Å². The lowest BCUT2D eigenvalue weighted by Gasteiger charge is -2.19. The average Bonchev–Trinajstić information content (AvgIpc) is 3.53. The number of furan rings is 1. The molecule has 9 heteroatoms. The molecule has 0 atom stereocenters. The van der Waals surface area contributed by atoms with Crippen molar-refractivity contribution in [3.8, 4) is 11.4 Å². The van der Waals surface area contributed by atoms with Crippen molar-refractivity contribution in [1.29, 1.82) is 0 Å². The summed E-state index contributed by atoms with van der Waals surface area (Å²) >= 11 is 0. The Labute approximate surface area is 193 Å². The van der Waals surface area contributed by atoms with Gasteiger partial charge in [-0.2, -0.15) is 18.2 Å². The number of carbonyl (C=O) groups excluding carboxylic acids is 1. The highest BCUT2D eigenvalue weighted by atomic mass is 19.4. The van der Waals surface area contributed by atoms with Gasteiger partial charge in [0.1, 0.15) is 5.76 Å². The molecule has 2 aromatic heterocycles. The highest BCUT2D eigenvalue weighted by Crippen LogP contribution is 2.31. The maximum atomic E-state index is 13.0. The smallest absolute Gasteiger partial charge is 0.416 e. The van der Waals surface area contributed by atoms with Gasteiger partial charge in [-0.05, 0) is 35.9 Å². The molecule has 0 spiro atoms. The number of alkyl halides is 3. The van der Waals surface area contributed by atoms with E-state index >= 15 is 0 Å². The summed E-state index contributed by atoms with van der Waals surface area (Å²) < 4.78 is 49.5. The van der Waals surface area contributed by atoms with Crippen LogP contribution in [0.15, 0.2) is 88.0 Å². The lowest BCUT2D eigenvalue weighted by atomic mass is 10.1. The first-order valence-corrected chi connectivity index (χ1v) is 10.4. The Morgan fingerprint density at radius 2 is 1.85 bits per heavy atom. The zero-order valence-electron chi connectivity index (χ0n) is 17.9. The molecule has 4 rings (SSSR count). The Morgan fingerprint density at radius 3 is 2.59 bits per heavy atom. The van der Waals surface area contributed by atoms with Crippen molar-refractivity contribution in [2.24, 2.45) is 0 Å². The molecule has 2 aromatic carbocycles. The molecule has 0 fully saturated rings. The van der Waals surface area contributed by atoms with Crippen molar-refractivity contribution in [2.45, 2.75) is 19.1 Å². The van der Waals surface area contributed by atoms with E-state index in [1.807, 2.05) is 30.3 Å². The molecule has 0 radical (unpaired) electrons. The highest BCUT2D eigenvalue weighted by molar-refractivity contribution is 5.91. The average molecular weight is 467 g/mol. The largest absolute Gasteiger partial charge is 0.467 e. The zero-order chi connectivity index (χ0) is 24.0. The third-order valence-electron chi connectivity index (χ3n) is 4.97. The van der Waals surface area contributed by atoms with E-state index in [2.05, 4.69) is 10.1 Å². The second kappa shape index (κ2) is 10.2. The maximum Gasteiger partial charge on any atom is 0.416 e. The van der Waals surface area contributed by atoms with Crippen LogP contribution >= 0.6 is 0 Å². The Hall–Kier alpha value is -4.14. The Balaban J connectivity index is 1.46. The van der Waals surface area contributed by atoms with Crippen molar-refractivity contribution in [3.63, 3.8) is 0 Å². The van der Waals surface area contributed by atoms with Gasteiger partial charge in [-0.3, -0.25) is 4.79 Å². The van der Waals surface area contributed by atoms with Gasteiger partial charge in [0.15, 0.2) is 0 Å². The maximum absolute atomic E-state index is 13.0. The highest BCUT2D eigenvalue weighted by Gasteiger charge is 2.30. The van der Waals surface area contributed by atoms with Crippen molar-refractivity contribution in [2.75, 3.05) is 6.54 Å². The normalized spacial score (nSPS) is 11.7. The number of hydrogen-bond donors (Lipinski definition) is 0. The molecular weight excluding hydrogens is 447 g/mol. The van der Waals surface area contributed by atoms with Crippen LogP contribution in [-0.4, -0.2) is 27.5 Å². The van der Waals surface area contributed by atoms with Gasteiger partial charge >= 0.3 is 6.18 Å². The molecule has 4 aromatic rings. The number of halogens is 3. The molecule has 1 amide bonds. The van der Waals surface area contributed by atoms with Crippen molar-refractivity contribution < 1.29 is 26.9 Å². The van der Waals surface area contributed by atoms with Crippen LogP contribution in [0.2, 0.25) is 0 Å². The van der Waals surface area contributed by atoms with Crippen LogP contribution in [0.4, 0.5) is 13.2 Å². The van der Waals surface area contributed by atoms with E-state index in [1.54, 1.807) is 23.1 Å². The van der Waals surface area contributed by atoms with E-state index in [0.717, 1.165) is 17.7 Å². The molecule has 0 saturated heterocycles. The van der Waals surface area contributed by atoms with E-state index in [4.69, 9.17) is 8.94 Å². The van der Waals surface area contributed by atoms with Crippen molar-refractivity contribution >= 4 is 12.0 Å². The minimum atomic E-state index is -4.47. The molecular formula is C25H20F3N3O3. The molecule has 0 aliphatic heterocycles. The molecule has 6 nitrogen and oxygen atoms in total. The summed E-state index contributed by atoms with van der Waals surface area (Å²) in [5.74, 6) is 0.625. The van der Waals surface area contributed by atoms with Gasteiger partial charge in [0, 0.05) is 24.6 Å². The Bertz CT molecular complexity index is 1250. The van der Waals surface area contributed by atoms with Crippen LogP contribution in [0.3, 0.4) is 0 Å². The predicted octanol–water partition coefficient (Wildman–Crippen LogP) is 5.63. The molecule has 0 N–H and O–H groups in total. The summed E-state index contributed by atoms with van der Waals surface area (Å²) in [6, 6.07) is 17.6. The number of benzene rings is 2. The lowest BCUT2D eigenvalue weighted by molar-refractivity contribution is -0.137. The standard InChI is InChI=1S/C25H20F3N3O3/c26-25(27,28)20-9-4-8-19(16-20)24-29-22(34-30-24)13-14-31(17-21-10-5-15-33-21)23(32)12-11-18-6-2-1-3-7-18/h1-12,15-16H,13-14,17H2. The zero-order valence-corrected chi connectivity index (χ0v) is 17.9. The molecule has 0 unspecified atom stereocenters. The first-order valence-electron chi connectivity index (χ1n) is 10.4. The Kier molecular flexibility index (Phi) is 6.91. The summed E-state index contributed by atoms with van der Waals surface area (Å²) in [6.45, 7) is 0.475. The van der Waals surface area contributed by atoms with E-state index < -0.39 is 11.7 Å². The molecule has 0 aliphatic carbocycles. The van der Waals surface area contributed by atoms with Crippen LogP contribution in [0.25, 0.3) is 17.5 Å². The van der Waals surface area contributed by atoms with Gasteiger partial charge in [0.05, 0.1) is 18.4 Å². The summed E-state index contributed by atoms with van der Waals surface area (Å²) in [6.07, 6.45) is 0.466. The number of nitrogens with zero attached hydrogens (tertiary/aromatic N) is 3. The minimum absolute atomic E-state index is 0.0500. The summed E-state index contributed by atoms with van der Waals surface area (Å²) in [4.78, 5) is 18.6. The third kappa shape index (κ3) is 6.00. The van der Waals surface area contributed by atoms with E-state index in [1.165, 1.54) is 24.5 Å². The first kappa shape index (κ1) is 23.0. The van der Waals surface area contributed by atoms with E-state index in [0.29, 0.717) is 5.76 Å². The summed E-state index contributed by atoms with van der Waals surface area (Å²) in [7, 11) is 0. The predicted molar refractivity (Wildman–Crippen MR) is 118 cm³/mol.